The van der Waals surface area contributed by atoms with E-state index in [9.17, 15) is 22.8 Å². The highest BCUT2D eigenvalue weighted by molar-refractivity contribution is 7.90. The maximum atomic E-state index is 13.5. The Balaban J connectivity index is 2.17. The molecule has 0 bridgehead atoms. The number of hydrogen-bond donors (Lipinski definition) is 1. The molecule has 1 aromatic carbocycles. The van der Waals surface area contributed by atoms with Gasteiger partial charge in [-0.25, -0.2) is 13.4 Å². The first-order chi connectivity index (χ1) is 15.5. The summed E-state index contributed by atoms with van der Waals surface area (Å²) in [6.07, 6.45) is 1.01. The number of hydrogen-bond acceptors (Lipinski definition) is 8. The number of nitrogens with zero attached hydrogens (tertiary/aromatic N) is 2. The summed E-state index contributed by atoms with van der Waals surface area (Å²) in [5.74, 6) is -1.90. The zero-order valence-electron chi connectivity index (χ0n) is 19.0. The lowest BCUT2D eigenvalue weighted by atomic mass is 10.0. The fourth-order valence-electron chi connectivity index (χ4n) is 3.72. The maximum absolute atomic E-state index is 13.5. The van der Waals surface area contributed by atoms with E-state index < -0.39 is 39.4 Å². The van der Waals surface area contributed by atoms with Crippen molar-refractivity contribution in [3.05, 3.63) is 46.6 Å². The summed E-state index contributed by atoms with van der Waals surface area (Å²) in [6, 6.07) is 4.96. The Bertz CT molecular complexity index is 1240. The first-order valence-corrected chi connectivity index (χ1v) is 12.2. The number of amides is 3. The first kappa shape index (κ1) is 24.2. The number of aromatic nitrogens is 1. The van der Waals surface area contributed by atoms with Crippen LogP contribution in [0.5, 0.6) is 11.6 Å². The van der Waals surface area contributed by atoms with Crippen LogP contribution in [0.1, 0.15) is 51.9 Å². The van der Waals surface area contributed by atoms with Gasteiger partial charge in [-0.2, -0.15) is 0 Å². The first-order valence-electron chi connectivity index (χ1n) is 10.1. The van der Waals surface area contributed by atoms with E-state index in [-0.39, 0.29) is 35.0 Å². The van der Waals surface area contributed by atoms with Gasteiger partial charge in [-0.3, -0.25) is 19.3 Å². The molecule has 176 valence electrons. The third kappa shape index (κ3) is 4.82. The van der Waals surface area contributed by atoms with Crippen LogP contribution in [0.3, 0.4) is 0 Å². The van der Waals surface area contributed by atoms with E-state index in [1.165, 1.54) is 32.2 Å². The van der Waals surface area contributed by atoms with E-state index in [4.69, 9.17) is 9.47 Å². The van der Waals surface area contributed by atoms with Crippen molar-refractivity contribution in [2.75, 3.05) is 31.0 Å². The molecule has 2 heterocycles. The molecule has 1 aliphatic heterocycles. The predicted molar refractivity (Wildman–Crippen MR) is 120 cm³/mol. The molecule has 3 rings (SSSR count). The Labute approximate surface area is 191 Å². The van der Waals surface area contributed by atoms with Gasteiger partial charge in [0.05, 0.1) is 48.0 Å². The zero-order valence-corrected chi connectivity index (χ0v) is 19.8. The van der Waals surface area contributed by atoms with E-state index in [1.54, 1.807) is 19.9 Å². The summed E-state index contributed by atoms with van der Waals surface area (Å²) in [5.41, 5.74) is 0.990. The highest BCUT2D eigenvalue weighted by Crippen LogP contribution is 2.38. The Morgan fingerprint density at radius 1 is 1.15 bits per heavy atom. The van der Waals surface area contributed by atoms with Crippen LogP contribution >= 0.6 is 0 Å². The van der Waals surface area contributed by atoms with Crippen LogP contribution in [0.2, 0.25) is 0 Å². The monoisotopic (exact) mass is 475 g/mol. The number of sulfone groups is 1. The summed E-state index contributed by atoms with van der Waals surface area (Å²) in [4.78, 5) is 43.8. The number of aryl methyl sites for hydroxylation is 1. The predicted octanol–water partition coefficient (Wildman–Crippen LogP) is 2.14. The van der Waals surface area contributed by atoms with E-state index in [1.807, 2.05) is 0 Å². The molecule has 1 N–H and O–H groups in total. The average Bonchev–Trinajstić information content (AvgIpc) is 2.99. The summed E-state index contributed by atoms with van der Waals surface area (Å²) in [7, 11) is -2.22. The summed E-state index contributed by atoms with van der Waals surface area (Å²) < 4.78 is 35.3. The number of methoxy groups -OCH3 is 1. The molecule has 0 fully saturated rings. The Morgan fingerprint density at radius 3 is 2.39 bits per heavy atom. The molecule has 0 radical (unpaired) electrons. The molecule has 1 aromatic heterocycles. The lowest BCUT2D eigenvalue weighted by Gasteiger charge is -2.26. The Kier molecular flexibility index (Phi) is 6.73. The van der Waals surface area contributed by atoms with Gasteiger partial charge < -0.3 is 14.8 Å². The molecular formula is C22H25N3O7S. The van der Waals surface area contributed by atoms with Crippen molar-refractivity contribution in [3.8, 4) is 11.6 Å². The van der Waals surface area contributed by atoms with E-state index in [2.05, 4.69) is 10.3 Å². The minimum Gasteiger partial charge on any atom is -0.491 e. The SMILES string of the molecule is CCOc1nc([C@@H](CS(C)(=O)=O)N2C(=O)c3c(C)ccc(NC(C)=O)c3C2=O)ccc1OC. The van der Waals surface area contributed by atoms with Crippen LogP contribution in [0.15, 0.2) is 24.3 Å². The number of anilines is 1. The minimum absolute atomic E-state index is 0.0206. The number of ether oxygens (including phenoxy) is 2. The highest BCUT2D eigenvalue weighted by atomic mass is 32.2. The largest absolute Gasteiger partial charge is 0.491 e. The van der Waals surface area contributed by atoms with Crippen molar-refractivity contribution in [3.63, 3.8) is 0 Å². The van der Waals surface area contributed by atoms with Crippen molar-refractivity contribution in [1.82, 2.24) is 9.88 Å². The Hall–Kier alpha value is -3.47. The van der Waals surface area contributed by atoms with Crippen molar-refractivity contribution in [1.29, 1.82) is 0 Å². The van der Waals surface area contributed by atoms with Crippen LogP contribution in [0.25, 0.3) is 0 Å². The second-order valence-corrected chi connectivity index (χ2v) is 9.81. The number of nitrogens with one attached hydrogen (secondary N) is 1. The van der Waals surface area contributed by atoms with Gasteiger partial charge >= 0.3 is 0 Å². The van der Waals surface area contributed by atoms with Crippen LogP contribution in [0.4, 0.5) is 5.69 Å². The van der Waals surface area contributed by atoms with E-state index in [0.717, 1.165) is 11.2 Å². The standard InChI is InChI=1S/C22H25N3O7S/c1-6-32-20-17(31-4)10-9-14(24-20)16(11-33(5,29)30)25-21(27)18-12(2)7-8-15(23-13(3)26)19(18)22(25)28/h7-10,16H,6,11H2,1-5H3,(H,23,26)/t16-/m1/s1. The maximum Gasteiger partial charge on any atom is 0.264 e. The van der Waals surface area contributed by atoms with Gasteiger partial charge in [0.2, 0.25) is 5.91 Å². The quantitative estimate of drug-likeness (QED) is 0.575. The molecule has 0 unspecified atom stereocenters. The number of carbonyl (C=O) groups excluding carboxylic acids is 3. The number of fused-ring (bicyclic) bond motifs is 1. The van der Waals surface area contributed by atoms with Crippen molar-refractivity contribution in [2.24, 2.45) is 0 Å². The molecule has 1 atom stereocenters. The van der Waals surface area contributed by atoms with Crippen LogP contribution < -0.4 is 14.8 Å². The van der Waals surface area contributed by atoms with Crippen molar-refractivity contribution < 1.29 is 32.3 Å². The van der Waals surface area contributed by atoms with Gasteiger partial charge in [-0.1, -0.05) is 6.07 Å². The molecule has 0 saturated carbocycles. The smallest absolute Gasteiger partial charge is 0.264 e. The second-order valence-electron chi connectivity index (χ2n) is 7.63. The topological polar surface area (TPSA) is 132 Å². The Morgan fingerprint density at radius 2 is 1.82 bits per heavy atom. The minimum atomic E-state index is -3.65. The van der Waals surface area contributed by atoms with Crippen LogP contribution in [-0.2, 0) is 14.6 Å². The van der Waals surface area contributed by atoms with Crippen molar-refractivity contribution >= 4 is 33.2 Å². The number of imide groups is 1. The molecule has 10 nitrogen and oxygen atoms in total. The van der Waals surface area contributed by atoms with Crippen LogP contribution in [0, 0.1) is 6.92 Å². The average molecular weight is 476 g/mol. The third-order valence-corrected chi connectivity index (χ3v) is 5.97. The molecule has 3 amide bonds. The van der Waals surface area contributed by atoms with Crippen LogP contribution in [-0.4, -0.2) is 61.7 Å². The van der Waals surface area contributed by atoms with Gasteiger partial charge in [-0.15, -0.1) is 0 Å². The number of pyridine rings is 1. The van der Waals surface area contributed by atoms with E-state index in [0.29, 0.717) is 11.3 Å². The molecule has 0 spiro atoms. The fourth-order valence-corrected chi connectivity index (χ4v) is 4.61. The zero-order chi connectivity index (χ0) is 24.5. The lowest BCUT2D eigenvalue weighted by Crippen LogP contribution is -2.38. The summed E-state index contributed by atoms with van der Waals surface area (Å²) in [6.45, 7) is 4.97. The number of carbonyl (C=O) groups is 3. The van der Waals surface area contributed by atoms with Crippen molar-refractivity contribution in [2.45, 2.75) is 26.8 Å². The van der Waals surface area contributed by atoms with Gasteiger partial charge in [0, 0.05) is 13.2 Å². The normalized spacial score (nSPS) is 14.2. The summed E-state index contributed by atoms with van der Waals surface area (Å²) in [5, 5.41) is 2.56. The molecule has 0 aliphatic carbocycles. The number of benzene rings is 1. The molecule has 2 aromatic rings. The third-order valence-electron chi connectivity index (χ3n) is 5.05. The molecule has 0 saturated heterocycles. The highest BCUT2D eigenvalue weighted by Gasteiger charge is 2.44. The van der Waals surface area contributed by atoms with E-state index >= 15 is 0 Å². The van der Waals surface area contributed by atoms with Gasteiger partial charge in [0.25, 0.3) is 17.7 Å². The van der Waals surface area contributed by atoms with Gasteiger partial charge in [-0.05, 0) is 37.6 Å². The van der Waals surface area contributed by atoms with Gasteiger partial charge in [0.1, 0.15) is 9.84 Å². The second kappa shape index (κ2) is 9.18. The molecular weight excluding hydrogens is 450 g/mol. The molecule has 33 heavy (non-hydrogen) atoms. The molecule has 1 aliphatic rings. The fraction of sp³-hybridized carbons (Fsp3) is 0.364. The van der Waals surface area contributed by atoms with Gasteiger partial charge in [0.15, 0.2) is 5.75 Å². The lowest BCUT2D eigenvalue weighted by molar-refractivity contribution is -0.114. The summed E-state index contributed by atoms with van der Waals surface area (Å²) >= 11 is 0. The molecule has 11 heteroatoms. The number of rotatable bonds is 8.